The van der Waals surface area contributed by atoms with Crippen LogP contribution in [-0.2, 0) is 16.0 Å². The summed E-state index contributed by atoms with van der Waals surface area (Å²) in [6.07, 6.45) is 8.75. The Morgan fingerprint density at radius 1 is 1.32 bits per heavy atom. The quantitative estimate of drug-likeness (QED) is 0.424. The molecule has 134 valence electrons. The van der Waals surface area contributed by atoms with E-state index < -0.39 is 0 Å². The molecular formula is C22H28O3. The molecule has 0 amide bonds. The van der Waals surface area contributed by atoms with Crippen LogP contribution in [-0.4, -0.2) is 19.2 Å². The molecule has 0 saturated heterocycles. The number of esters is 1. The minimum absolute atomic E-state index is 0.0656. The van der Waals surface area contributed by atoms with Gasteiger partial charge >= 0.3 is 5.97 Å². The molecule has 1 aromatic rings. The number of carbonyl (C=O) groups is 1. The zero-order valence-electron chi connectivity index (χ0n) is 15.9. The highest BCUT2D eigenvalue weighted by Gasteiger charge is 2.23. The first kappa shape index (κ1) is 19.0. The van der Waals surface area contributed by atoms with Crippen LogP contribution in [0.4, 0.5) is 0 Å². The van der Waals surface area contributed by atoms with Gasteiger partial charge in [-0.25, -0.2) is 4.79 Å². The summed E-state index contributed by atoms with van der Waals surface area (Å²) in [6.45, 7) is 11.2. The Bertz CT molecular complexity index is 721. The van der Waals surface area contributed by atoms with Gasteiger partial charge in [-0.3, -0.25) is 0 Å². The summed E-state index contributed by atoms with van der Waals surface area (Å²) in [5.74, 6) is 0.600. The first-order chi connectivity index (χ1) is 11.8. The fourth-order valence-electron chi connectivity index (χ4n) is 2.73. The van der Waals surface area contributed by atoms with E-state index >= 15 is 0 Å². The first-order valence-electron chi connectivity index (χ1n) is 8.86. The molecule has 3 heteroatoms. The Kier molecular flexibility index (Phi) is 6.24. The van der Waals surface area contributed by atoms with E-state index in [1.807, 2.05) is 13.0 Å². The lowest BCUT2D eigenvalue weighted by Gasteiger charge is -2.18. The van der Waals surface area contributed by atoms with Crippen LogP contribution in [0.15, 0.2) is 48.1 Å². The largest absolute Gasteiger partial charge is 0.492 e. The predicted octanol–water partition coefficient (Wildman–Crippen LogP) is 5.12. The topological polar surface area (TPSA) is 35.5 Å². The van der Waals surface area contributed by atoms with Crippen LogP contribution in [0.25, 0.3) is 5.57 Å². The van der Waals surface area contributed by atoms with E-state index in [1.54, 1.807) is 6.92 Å². The second kappa shape index (κ2) is 8.19. The zero-order valence-corrected chi connectivity index (χ0v) is 15.9. The number of ether oxygens (including phenoxy) is 2. The monoisotopic (exact) mass is 340 g/mol. The Morgan fingerprint density at radius 3 is 2.76 bits per heavy atom. The van der Waals surface area contributed by atoms with E-state index in [4.69, 9.17) is 9.47 Å². The van der Waals surface area contributed by atoms with Crippen molar-refractivity contribution in [2.75, 3.05) is 13.2 Å². The van der Waals surface area contributed by atoms with Crippen LogP contribution in [0.1, 0.15) is 45.7 Å². The van der Waals surface area contributed by atoms with Crippen LogP contribution < -0.4 is 4.74 Å². The van der Waals surface area contributed by atoms with Crippen molar-refractivity contribution in [2.45, 2.75) is 41.0 Å². The molecule has 1 aliphatic heterocycles. The van der Waals surface area contributed by atoms with Crippen molar-refractivity contribution >= 4 is 11.5 Å². The predicted molar refractivity (Wildman–Crippen MR) is 103 cm³/mol. The molecule has 0 spiro atoms. The standard InChI is InChI=1S/C22H28O3/c1-6-17-9-11-20-19(13-17)18(14-22(4,5)15-25-20)10-8-16(3)12-21(23)24-7-2/h8-14H,6-7,15H2,1-5H3. The number of hydrogen-bond acceptors (Lipinski definition) is 3. The maximum absolute atomic E-state index is 11.6. The van der Waals surface area contributed by atoms with Crippen LogP contribution in [0, 0.1) is 5.41 Å². The van der Waals surface area contributed by atoms with Gasteiger partial charge in [-0.1, -0.05) is 45.1 Å². The van der Waals surface area contributed by atoms with E-state index in [0.29, 0.717) is 13.2 Å². The molecule has 0 radical (unpaired) electrons. The lowest BCUT2D eigenvalue weighted by atomic mass is 9.89. The van der Waals surface area contributed by atoms with Gasteiger partial charge in [0.25, 0.3) is 0 Å². The van der Waals surface area contributed by atoms with E-state index in [9.17, 15) is 4.79 Å². The lowest BCUT2D eigenvalue weighted by molar-refractivity contribution is -0.137. The SMILES string of the molecule is CCOC(=O)C=C(C)C=CC1=CC(C)(C)COc2ccc(CC)cc21. The second-order valence-electron chi connectivity index (χ2n) is 7.03. The Balaban J connectivity index is 2.38. The molecule has 0 unspecified atom stereocenters. The molecule has 25 heavy (non-hydrogen) atoms. The molecule has 0 saturated carbocycles. The molecular weight excluding hydrogens is 312 g/mol. The van der Waals surface area contributed by atoms with Gasteiger partial charge in [0, 0.05) is 17.1 Å². The summed E-state index contributed by atoms with van der Waals surface area (Å²) in [5, 5.41) is 0. The van der Waals surface area contributed by atoms with Crippen LogP contribution >= 0.6 is 0 Å². The van der Waals surface area contributed by atoms with Gasteiger partial charge < -0.3 is 9.47 Å². The number of fused-ring (bicyclic) bond motifs is 1. The van der Waals surface area contributed by atoms with Crippen molar-refractivity contribution in [3.8, 4) is 5.75 Å². The molecule has 1 heterocycles. The highest BCUT2D eigenvalue weighted by Crippen LogP contribution is 2.36. The normalized spacial score (nSPS) is 16.7. The third kappa shape index (κ3) is 5.35. The zero-order chi connectivity index (χ0) is 18.4. The molecule has 0 bridgehead atoms. The summed E-state index contributed by atoms with van der Waals surface area (Å²) in [6, 6.07) is 6.36. The fourth-order valence-corrected chi connectivity index (χ4v) is 2.73. The molecule has 0 aromatic heterocycles. The van der Waals surface area contributed by atoms with Crippen molar-refractivity contribution in [3.63, 3.8) is 0 Å². The summed E-state index contributed by atoms with van der Waals surface area (Å²) >= 11 is 0. The molecule has 0 fully saturated rings. The average Bonchev–Trinajstić information content (AvgIpc) is 2.69. The number of aryl methyl sites for hydroxylation is 1. The maximum Gasteiger partial charge on any atom is 0.330 e. The number of benzene rings is 1. The summed E-state index contributed by atoms with van der Waals surface area (Å²) in [5.41, 5.74) is 4.29. The number of rotatable bonds is 5. The molecule has 1 aliphatic rings. The molecule has 3 nitrogen and oxygen atoms in total. The Labute approximate surface area is 151 Å². The van der Waals surface area contributed by atoms with Gasteiger partial charge in [0.05, 0.1) is 13.2 Å². The van der Waals surface area contributed by atoms with Crippen molar-refractivity contribution in [1.82, 2.24) is 0 Å². The maximum atomic E-state index is 11.6. The summed E-state index contributed by atoms with van der Waals surface area (Å²) in [7, 11) is 0. The van der Waals surface area contributed by atoms with Gasteiger partial charge in [0.15, 0.2) is 0 Å². The lowest BCUT2D eigenvalue weighted by Crippen LogP contribution is -2.17. The molecule has 0 N–H and O–H groups in total. The van der Waals surface area contributed by atoms with Gasteiger partial charge in [-0.05, 0) is 49.1 Å². The number of carbonyl (C=O) groups excluding carboxylic acids is 1. The van der Waals surface area contributed by atoms with Crippen molar-refractivity contribution < 1.29 is 14.3 Å². The molecule has 2 rings (SSSR count). The summed E-state index contributed by atoms with van der Waals surface area (Å²) < 4.78 is 11.0. The molecule has 0 atom stereocenters. The molecule has 1 aromatic carbocycles. The van der Waals surface area contributed by atoms with Crippen LogP contribution in [0.3, 0.4) is 0 Å². The Hall–Kier alpha value is -2.29. The fraction of sp³-hybridized carbons (Fsp3) is 0.409. The van der Waals surface area contributed by atoms with E-state index in [-0.39, 0.29) is 11.4 Å². The first-order valence-corrected chi connectivity index (χ1v) is 8.86. The third-order valence-corrected chi connectivity index (χ3v) is 4.07. The van der Waals surface area contributed by atoms with Crippen molar-refractivity contribution in [2.24, 2.45) is 5.41 Å². The number of hydrogen-bond donors (Lipinski definition) is 0. The third-order valence-electron chi connectivity index (χ3n) is 4.07. The minimum atomic E-state index is -0.308. The minimum Gasteiger partial charge on any atom is -0.492 e. The summed E-state index contributed by atoms with van der Waals surface area (Å²) in [4.78, 5) is 11.6. The van der Waals surface area contributed by atoms with E-state index in [1.165, 1.54) is 11.6 Å². The smallest absolute Gasteiger partial charge is 0.330 e. The van der Waals surface area contributed by atoms with E-state index in [2.05, 4.69) is 51.1 Å². The van der Waals surface area contributed by atoms with Gasteiger partial charge in [-0.15, -0.1) is 0 Å². The van der Waals surface area contributed by atoms with Gasteiger partial charge in [0.1, 0.15) is 5.75 Å². The van der Waals surface area contributed by atoms with Crippen molar-refractivity contribution in [1.29, 1.82) is 0 Å². The van der Waals surface area contributed by atoms with Gasteiger partial charge in [-0.2, -0.15) is 0 Å². The average molecular weight is 340 g/mol. The van der Waals surface area contributed by atoms with Crippen LogP contribution in [0.5, 0.6) is 5.75 Å². The highest BCUT2D eigenvalue weighted by molar-refractivity contribution is 5.84. The Morgan fingerprint density at radius 2 is 2.08 bits per heavy atom. The second-order valence-corrected chi connectivity index (χ2v) is 7.03. The van der Waals surface area contributed by atoms with Gasteiger partial charge in [0.2, 0.25) is 0 Å². The van der Waals surface area contributed by atoms with Crippen LogP contribution in [0.2, 0.25) is 0 Å². The van der Waals surface area contributed by atoms with Crippen molar-refractivity contribution in [3.05, 3.63) is 59.2 Å². The highest BCUT2D eigenvalue weighted by atomic mass is 16.5. The molecule has 0 aliphatic carbocycles. The van der Waals surface area contributed by atoms with E-state index in [0.717, 1.165) is 28.9 Å². The number of allylic oxidation sites excluding steroid dienone is 4.